The summed E-state index contributed by atoms with van der Waals surface area (Å²) >= 11 is 0. The molecule has 2 amide bonds. The van der Waals surface area contributed by atoms with Crippen LogP contribution in [0.3, 0.4) is 0 Å². The smallest absolute Gasteiger partial charge is 0.307 e. The normalized spacial score (nSPS) is 25.0. The van der Waals surface area contributed by atoms with Crippen molar-refractivity contribution in [2.75, 3.05) is 4.90 Å². The number of aliphatic carboxylic acids is 1. The number of rotatable bonds is 3. The molecule has 2 aliphatic rings. The average molecular weight is 287 g/mol. The zero-order valence-electron chi connectivity index (χ0n) is 11.6. The van der Waals surface area contributed by atoms with Gasteiger partial charge in [0.2, 0.25) is 11.8 Å². The zero-order valence-corrected chi connectivity index (χ0v) is 11.6. The number of imide groups is 1. The summed E-state index contributed by atoms with van der Waals surface area (Å²) in [5.41, 5.74) is 0.939. The lowest BCUT2D eigenvalue weighted by Crippen LogP contribution is -2.32. The van der Waals surface area contributed by atoms with Crippen LogP contribution in [0.15, 0.2) is 24.3 Å². The van der Waals surface area contributed by atoms with E-state index >= 15 is 0 Å². The third kappa shape index (κ3) is 2.33. The lowest BCUT2D eigenvalue weighted by atomic mass is 9.81. The third-order valence-electron chi connectivity index (χ3n) is 4.42. The lowest BCUT2D eigenvalue weighted by molar-refractivity contribution is -0.136. The number of carboxylic acids is 1. The summed E-state index contributed by atoms with van der Waals surface area (Å²) in [4.78, 5) is 37.3. The number of amides is 2. The average Bonchev–Trinajstić information content (AvgIpc) is 2.72. The molecule has 21 heavy (non-hydrogen) atoms. The highest BCUT2D eigenvalue weighted by molar-refractivity contribution is 6.22. The molecule has 0 spiro atoms. The van der Waals surface area contributed by atoms with Crippen molar-refractivity contribution in [1.82, 2.24) is 0 Å². The Labute approximate surface area is 122 Å². The molecule has 0 radical (unpaired) electrons. The fraction of sp³-hybridized carbons (Fsp3) is 0.438. The Balaban J connectivity index is 1.98. The van der Waals surface area contributed by atoms with Crippen molar-refractivity contribution >= 4 is 23.5 Å². The van der Waals surface area contributed by atoms with Gasteiger partial charge in [0.25, 0.3) is 0 Å². The minimum atomic E-state index is -0.973. The van der Waals surface area contributed by atoms with Gasteiger partial charge in [-0.2, -0.15) is 0 Å². The number of anilines is 1. The van der Waals surface area contributed by atoms with Gasteiger partial charge in [-0.05, 0) is 24.5 Å². The van der Waals surface area contributed by atoms with Crippen LogP contribution >= 0.6 is 0 Å². The molecule has 0 bridgehead atoms. The molecule has 1 saturated carbocycles. The van der Waals surface area contributed by atoms with Crippen LogP contribution in [0, 0.1) is 11.8 Å². The topological polar surface area (TPSA) is 74.7 Å². The summed E-state index contributed by atoms with van der Waals surface area (Å²) in [6.45, 7) is 0. The van der Waals surface area contributed by atoms with Gasteiger partial charge in [0.15, 0.2) is 0 Å². The maximum Gasteiger partial charge on any atom is 0.307 e. The van der Waals surface area contributed by atoms with Crippen LogP contribution in [0.5, 0.6) is 0 Å². The van der Waals surface area contributed by atoms with Gasteiger partial charge in [0.1, 0.15) is 0 Å². The molecule has 1 saturated heterocycles. The fourth-order valence-corrected chi connectivity index (χ4v) is 3.44. The van der Waals surface area contributed by atoms with Crippen molar-refractivity contribution in [2.45, 2.75) is 32.1 Å². The first-order chi connectivity index (χ1) is 10.1. The standard InChI is InChI=1S/C16H17NO4/c18-14(19)9-10-5-1-4-8-13(10)17-15(20)11-6-2-3-7-12(11)16(17)21/h1,4-5,8,11-12H,2-3,6-7,9H2,(H,18,19). The first-order valence-electron chi connectivity index (χ1n) is 7.27. The molecule has 2 fully saturated rings. The number of hydrogen-bond donors (Lipinski definition) is 1. The molecule has 1 aromatic carbocycles. The van der Waals surface area contributed by atoms with E-state index in [-0.39, 0.29) is 30.1 Å². The Morgan fingerprint density at radius 3 is 2.24 bits per heavy atom. The summed E-state index contributed by atoms with van der Waals surface area (Å²) in [6.07, 6.45) is 3.28. The predicted molar refractivity (Wildman–Crippen MR) is 75.7 cm³/mol. The molecule has 2 unspecified atom stereocenters. The van der Waals surface area contributed by atoms with Crippen molar-refractivity contribution in [3.05, 3.63) is 29.8 Å². The Morgan fingerprint density at radius 2 is 1.67 bits per heavy atom. The molecule has 5 heteroatoms. The summed E-state index contributed by atoms with van der Waals surface area (Å²) in [5, 5.41) is 8.98. The van der Waals surface area contributed by atoms with E-state index in [1.165, 1.54) is 4.90 Å². The van der Waals surface area contributed by atoms with E-state index in [9.17, 15) is 14.4 Å². The third-order valence-corrected chi connectivity index (χ3v) is 4.42. The largest absolute Gasteiger partial charge is 0.481 e. The summed E-state index contributed by atoms with van der Waals surface area (Å²) in [7, 11) is 0. The van der Waals surface area contributed by atoms with E-state index in [0.29, 0.717) is 11.3 Å². The fourth-order valence-electron chi connectivity index (χ4n) is 3.44. The summed E-state index contributed by atoms with van der Waals surface area (Å²) < 4.78 is 0. The highest BCUT2D eigenvalue weighted by Gasteiger charge is 2.49. The minimum Gasteiger partial charge on any atom is -0.481 e. The van der Waals surface area contributed by atoms with Crippen molar-refractivity contribution in [3.63, 3.8) is 0 Å². The molecule has 1 aliphatic carbocycles. The predicted octanol–water partition coefficient (Wildman–Crippen LogP) is 1.99. The second-order valence-electron chi connectivity index (χ2n) is 5.71. The highest BCUT2D eigenvalue weighted by atomic mass is 16.4. The molecule has 1 heterocycles. The molecule has 3 rings (SSSR count). The van der Waals surface area contributed by atoms with Gasteiger partial charge in [0, 0.05) is 0 Å². The number of hydrogen-bond acceptors (Lipinski definition) is 3. The quantitative estimate of drug-likeness (QED) is 0.863. The Hall–Kier alpha value is -2.17. The first kappa shape index (κ1) is 13.8. The molecular weight excluding hydrogens is 270 g/mol. The lowest BCUT2D eigenvalue weighted by Gasteiger charge is -2.19. The molecule has 1 aliphatic heterocycles. The number of carboxylic acid groups (broad SMARTS) is 1. The molecular formula is C16H17NO4. The van der Waals surface area contributed by atoms with E-state index < -0.39 is 5.97 Å². The second kappa shape index (κ2) is 5.31. The second-order valence-corrected chi connectivity index (χ2v) is 5.71. The van der Waals surface area contributed by atoms with E-state index in [4.69, 9.17) is 5.11 Å². The molecule has 0 aromatic heterocycles. The maximum absolute atomic E-state index is 12.5. The van der Waals surface area contributed by atoms with E-state index in [2.05, 4.69) is 0 Å². The number of carbonyl (C=O) groups is 3. The van der Waals surface area contributed by atoms with Crippen LogP contribution in [-0.4, -0.2) is 22.9 Å². The van der Waals surface area contributed by atoms with Crippen molar-refractivity contribution < 1.29 is 19.5 Å². The van der Waals surface area contributed by atoms with Gasteiger partial charge in [-0.1, -0.05) is 31.0 Å². The van der Waals surface area contributed by atoms with Crippen LogP contribution in [0.2, 0.25) is 0 Å². The van der Waals surface area contributed by atoms with Gasteiger partial charge >= 0.3 is 5.97 Å². The number of fused-ring (bicyclic) bond motifs is 1. The van der Waals surface area contributed by atoms with Crippen molar-refractivity contribution in [1.29, 1.82) is 0 Å². The van der Waals surface area contributed by atoms with E-state index in [1.807, 2.05) is 0 Å². The molecule has 1 aromatic rings. The summed E-state index contributed by atoms with van der Waals surface area (Å²) in [6, 6.07) is 6.76. The molecule has 2 atom stereocenters. The Bertz CT molecular complexity index is 586. The van der Waals surface area contributed by atoms with Gasteiger partial charge in [-0.15, -0.1) is 0 Å². The minimum absolute atomic E-state index is 0.164. The first-order valence-corrected chi connectivity index (χ1v) is 7.27. The summed E-state index contributed by atoms with van der Waals surface area (Å²) in [5.74, 6) is -1.74. The molecule has 1 N–H and O–H groups in total. The van der Waals surface area contributed by atoms with Crippen LogP contribution in [-0.2, 0) is 20.8 Å². The number of carbonyl (C=O) groups excluding carboxylic acids is 2. The van der Waals surface area contributed by atoms with Crippen LogP contribution in [0.4, 0.5) is 5.69 Å². The Morgan fingerprint density at radius 1 is 1.10 bits per heavy atom. The van der Waals surface area contributed by atoms with Crippen molar-refractivity contribution in [3.8, 4) is 0 Å². The number of nitrogens with zero attached hydrogens (tertiary/aromatic N) is 1. The van der Waals surface area contributed by atoms with E-state index in [0.717, 1.165) is 25.7 Å². The van der Waals surface area contributed by atoms with Gasteiger partial charge in [0.05, 0.1) is 23.9 Å². The number of para-hydroxylation sites is 1. The van der Waals surface area contributed by atoms with Gasteiger partial charge in [-0.25, -0.2) is 4.90 Å². The van der Waals surface area contributed by atoms with Crippen LogP contribution < -0.4 is 4.90 Å². The molecule has 110 valence electrons. The van der Waals surface area contributed by atoms with Gasteiger partial charge < -0.3 is 5.11 Å². The molecule has 5 nitrogen and oxygen atoms in total. The Kier molecular flexibility index (Phi) is 3.49. The van der Waals surface area contributed by atoms with Crippen LogP contribution in [0.25, 0.3) is 0 Å². The van der Waals surface area contributed by atoms with Crippen LogP contribution in [0.1, 0.15) is 31.2 Å². The highest BCUT2D eigenvalue weighted by Crippen LogP contribution is 2.40. The maximum atomic E-state index is 12.5. The monoisotopic (exact) mass is 287 g/mol. The SMILES string of the molecule is O=C(O)Cc1ccccc1N1C(=O)C2CCCCC2C1=O. The number of benzene rings is 1. The zero-order chi connectivity index (χ0) is 15.0. The van der Waals surface area contributed by atoms with Crippen molar-refractivity contribution in [2.24, 2.45) is 11.8 Å². The van der Waals surface area contributed by atoms with E-state index in [1.54, 1.807) is 24.3 Å². The van der Waals surface area contributed by atoms with Gasteiger partial charge in [-0.3, -0.25) is 14.4 Å².